The number of thiophene rings is 1. The minimum Gasteiger partial charge on any atom is -0.472 e. The molecular weight excluding hydrogens is 298 g/mol. The maximum Gasteiger partial charge on any atom is 0.123 e. The molecule has 0 spiro atoms. The first-order valence-corrected chi connectivity index (χ1v) is 8.33. The number of furan rings is 1. The zero-order valence-corrected chi connectivity index (χ0v) is 13.0. The summed E-state index contributed by atoms with van der Waals surface area (Å²) < 4.78 is 12.8. The van der Waals surface area contributed by atoms with Gasteiger partial charge in [-0.2, -0.15) is 0 Å². The van der Waals surface area contributed by atoms with Crippen LogP contribution in [0.25, 0.3) is 10.6 Å². The van der Waals surface area contributed by atoms with Gasteiger partial charge in [0, 0.05) is 17.0 Å². The number of aromatic nitrogens is 3. The second-order valence-electron chi connectivity index (χ2n) is 5.49. The molecule has 1 aliphatic rings. The zero-order chi connectivity index (χ0) is 14.8. The number of hydrogen-bond donors (Lipinski definition) is 0. The van der Waals surface area contributed by atoms with E-state index in [-0.39, 0.29) is 6.10 Å². The second kappa shape index (κ2) is 6.06. The summed E-state index contributed by atoms with van der Waals surface area (Å²) in [7, 11) is 0. The molecule has 4 heterocycles. The highest BCUT2D eigenvalue weighted by atomic mass is 32.1. The summed E-state index contributed by atoms with van der Waals surface area (Å²) in [4.78, 5) is 2.43. The van der Waals surface area contributed by atoms with E-state index in [0.717, 1.165) is 29.2 Å². The predicted octanol–water partition coefficient (Wildman–Crippen LogP) is 3.89. The van der Waals surface area contributed by atoms with Crippen LogP contribution in [0.4, 0.5) is 0 Å². The third kappa shape index (κ3) is 2.84. The molecule has 0 N–H and O–H groups in total. The Morgan fingerprint density at radius 1 is 1.27 bits per heavy atom. The Morgan fingerprint density at radius 3 is 3.09 bits per heavy atom. The summed E-state index contributed by atoms with van der Waals surface area (Å²) in [5, 5.41) is 8.47. The number of hydrogen-bond acceptors (Lipinski definition) is 5. The molecular formula is C16H17N3O2S. The molecule has 0 bridgehead atoms. The minimum atomic E-state index is 0.258. The Bertz CT molecular complexity index is 726. The van der Waals surface area contributed by atoms with Crippen molar-refractivity contribution in [1.29, 1.82) is 0 Å². The summed E-state index contributed by atoms with van der Waals surface area (Å²) in [6.45, 7) is 1.55. The van der Waals surface area contributed by atoms with E-state index < -0.39 is 0 Å². The molecule has 6 heteroatoms. The molecule has 114 valence electrons. The topological polar surface area (TPSA) is 53.1 Å². The Labute approximate surface area is 132 Å². The molecule has 22 heavy (non-hydrogen) atoms. The van der Waals surface area contributed by atoms with Crippen molar-refractivity contribution in [3.63, 3.8) is 0 Å². The highest BCUT2D eigenvalue weighted by Crippen LogP contribution is 2.35. The van der Waals surface area contributed by atoms with Crippen LogP contribution in [0.15, 0.2) is 41.3 Å². The quantitative estimate of drug-likeness (QED) is 0.733. The highest BCUT2D eigenvalue weighted by Gasteiger charge is 2.18. The van der Waals surface area contributed by atoms with Gasteiger partial charge in [0.2, 0.25) is 0 Å². The van der Waals surface area contributed by atoms with Crippen LogP contribution >= 0.6 is 11.3 Å². The van der Waals surface area contributed by atoms with Gasteiger partial charge in [-0.1, -0.05) is 5.21 Å². The molecule has 0 aromatic carbocycles. The van der Waals surface area contributed by atoms with Gasteiger partial charge in [-0.3, -0.25) is 0 Å². The third-order valence-electron chi connectivity index (χ3n) is 3.84. The van der Waals surface area contributed by atoms with Crippen LogP contribution in [0.5, 0.6) is 0 Å². The van der Waals surface area contributed by atoms with Crippen LogP contribution < -0.4 is 0 Å². The van der Waals surface area contributed by atoms with Crippen LogP contribution in [0.3, 0.4) is 0 Å². The fourth-order valence-corrected chi connectivity index (χ4v) is 3.73. The highest BCUT2D eigenvalue weighted by molar-refractivity contribution is 7.15. The fraction of sp³-hybridized carbons (Fsp3) is 0.375. The van der Waals surface area contributed by atoms with Crippen LogP contribution in [-0.2, 0) is 11.3 Å². The average Bonchev–Trinajstić information content (AvgIpc) is 3.30. The van der Waals surface area contributed by atoms with E-state index in [1.165, 1.54) is 17.7 Å². The summed E-state index contributed by atoms with van der Waals surface area (Å²) in [6.07, 6.45) is 9.18. The van der Waals surface area contributed by atoms with Crippen LogP contribution in [-0.4, -0.2) is 21.6 Å². The van der Waals surface area contributed by atoms with Gasteiger partial charge in [0.25, 0.3) is 0 Å². The van der Waals surface area contributed by atoms with Crippen LogP contribution in [0, 0.1) is 0 Å². The lowest BCUT2D eigenvalue weighted by Gasteiger charge is -2.21. The molecule has 0 aliphatic carbocycles. The molecule has 1 fully saturated rings. The van der Waals surface area contributed by atoms with Crippen LogP contribution in [0.1, 0.15) is 35.8 Å². The van der Waals surface area contributed by atoms with Crippen molar-refractivity contribution in [3.8, 4) is 10.6 Å². The normalized spacial score (nSPS) is 18.6. The smallest absolute Gasteiger partial charge is 0.123 e. The first-order chi connectivity index (χ1) is 10.9. The van der Waals surface area contributed by atoms with Crippen molar-refractivity contribution in [2.24, 2.45) is 0 Å². The predicted molar refractivity (Wildman–Crippen MR) is 83.7 cm³/mol. The van der Waals surface area contributed by atoms with Gasteiger partial charge >= 0.3 is 0 Å². The summed E-state index contributed by atoms with van der Waals surface area (Å²) in [6, 6.07) is 6.21. The van der Waals surface area contributed by atoms with E-state index in [1.54, 1.807) is 23.9 Å². The van der Waals surface area contributed by atoms with Crippen molar-refractivity contribution in [1.82, 2.24) is 15.0 Å². The maximum absolute atomic E-state index is 5.85. The van der Waals surface area contributed by atoms with Crippen molar-refractivity contribution in [2.75, 3.05) is 6.61 Å². The van der Waals surface area contributed by atoms with Gasteiger partial charge in [0.05, 0.1) is 36.2 Å². The Hall–Kier alpha value is -1.92. The Kier molecular flexibility index (Phi) is 3.78. The molecule has 0 unspecified atom stereocenters. The lowest BCUT2D eigenvalue weighted by atomic mass is 10.1. The zero-order valence-electron chi connectivity index (χ0n) is 12.1. The number of rotatable bonds is 4. The Balaban J connectivity index is 1.50. The number of ether oxygens (including phenoxy) is 1. The van der Waals surface area contributed by atoms with E-state index in [2.05, 4.69) is 22.4 Å². The SMILES string of the molecule is c1cc(Cn2cc(-c3ccc([C@@H]4CCCCO4)s3)nn2)co1. The maximum atomic E-state index is 5.85. The van der Waals surface area contributed by atoms with E-state index >= 15 is 0 Å². The Morgan fingerprint density at radius 2 is 2.27 bits per heavy atom. The van der Waals surface area contributed by atoms with E-state index in [9.17, 15) is 0 Å². The molecule has 3 aromatic heterocycles. The molecule has 0 radical (unpaired) electrons. The van der Waals surface area contributed by atoms with Gasteiger partial charge < -0.3 is 9.15 Å². The standard InChI is InChI=1S/C16H17N3O2S/c1-2-7-21-14(3-1)16-5-4-15(22-16)13-10-19(18-17-13)9-12-6-8-20-11-12/h4-6,8,10-11,14H,1-3,7,9H2/t14-/m0/s1. The minimum absolute atomic E-state index is 0.258. The van der Waals surface area contributed by atoms with Crippen LogP contribution in [0.2, 0.25) is 0 Å². The summed E-state index contributed by atoms with van der Waals surface area (Å²) >= 11 is 1.75. The second-order valence-corrected chi connectivity index (χ2v) is 6.61. The molecule has 0 amide bonds. The largest absolute Gasteiger partial charge is 0.472 e. The fourth-order valence-electron chi connectivity index (χ4n) is 2.69. The van der Waals surface area contributed by atoms with Gasteiger partial charge in [-0.05, 0) is 37.5 Å². The third-order valence-corrected chi connectivity index (χ3v) is 5.04. The molecule has 4 rings (SSSR count). The van der Waals surface area contributed by atoms with Gasteiger partial charge in [-0.25, -0.2) is 4.68 Å². The first-order valence-electron chi connectivity index (χ1n) is 7.51. The monoisotopic (exact) mass is 315 g/mol. The molecule has 1 atom stereocenters. The molecule has 0 saturated carbocycles. The van der Waals surface area contributed by atoms with Gasteiger partial charge in [-0.15, -0.1) is 16.4 Å². The first kappa shape index (κ1) is 13.7. The van der Waals surface area contributed by atoms with E-state index in [1.807, 2.05) is 16.9 Å². The van der Waals surface area contributed by atoms with Crippen molar-refractivity contribution in [3.05, 3.63) is 47.4 Å². The van der Waals surface area contributed by atoms with Crippen molar-refractivity contribution in [2.45, 2.75) is 31.9 Å². The lowest BCUT2D eigenvalue weighted by Crippen LogP contribution is -2.09. The molecule has 1 aliphatic heterocycles. The lowest BCUT2D eigenvalue weighted by molar-refractivity contribution is 0.0172. The van der Waals surface area contributed by atoms with Gasteiger partial charge in [0.15, 0.2) is 0 Å². The van der Waals surface area contributed by atoms with Crippen molar-refractivity contribution < 1.29 is 9.15 Å². The van der Waals surface area contributed by atoms with E-state index in [4.69, 9.17) is 9.15 Å². The number of nitrogens with zero attached hydrogens (tertiary/aromatic N) is 3. The molecule has 3 aromatic rings. The summed E-state index contributed by atoms with van der Waals surface area (Å²) in [5.41, 5.74) is 1.99. The summed E-state index contributed by atoms with van der Waals surface area (Å²) in [5.74, 6) is 0. The molecule has 5 nitrogen and oxygen atoms in total. The average molecular weight is 315 g/mol. The molecule has 1 saturated heterocycles. The van der Waals surface area contributed by atoms with Crippen molar-refractivity contribution >= 4 is 11.3 Å². The van der Waals surface area contributed by atoms with E-state index in [0.29, 0.717) is 6.54 Å². The van der Waals surface area contributed by atoms with Gasteiger partial charge in [0.1, 0.15) is 5.69 Å².